The van der Waals surface area contributed by atoms with Crippen molar-refractivity contribution in [1.29, 1.82) is 0 Å². The lowest BCUT2D eigenvalue weighted by molar-refractivity contribution is -0.143. The zero-order chi connectivity index (χ0) is 17.4. The zero-order valence-electron chi connectivity index (χ0n) is 13.4. The van der Waals surface area contributed by atoms with Crippen LogP contribution in [-0.4, -0.2) is 34.9 Å². The second-order valence-corrected chi connectivity index (χ2v) is 5.58. The van der Waals surface area contributed by atoms with E-state index in [1.165, 1.54) is 0 Å². The maximum atomic E-state index is 12.8. The molecular formula is C18H19ClN2O3. The molecule has 0 spiro atoms. The normalized spacial score (nSPS) is 10.2. The molecule has 0 atom stereocenters. The summed E-state index contributed by atoms with van der Waals surface area (Å²) in [5.41, 5.74) is 1.42. The average Bonchev–Trinajstić information content (AvgIpc) is 2.59. The summed E-state index contributed by atoms with van der Waals surface area (Å²) in [4.78, 5) is 30.0. The number of nitrogens with zero attached hydrogens (tertiary/aromatic N) is 2. The Morgan fingerprint density at radius 1 is 1.21 bits per heavy atom. The molecule has 1 aromatic carbocycles. The molecule has 0 aliphatic carbocycles. The van der Waals surface area contributed by atoms with Gasteiger partial charge in [-0.1, -0.05) is 17.7 Å². The van der Waals surface area contributed by atoms with E-state index >= 15 is 0 Å². The number of carbonyl (C=O) groups excluding carboxylic acids is 2. The van der Waals surface area contributed by atoms with E-state index < -0.39 is 0 Å². The molecule has 24 heavy (non-hydrogen) atoms. The number of ether oxygens (including phenoxy) is 1. The fourth-order valence-electron chi connectivity index (χ4n) is 2.22. The van der Waals surface area contributed by atoms with Gasteiger partial charge in [-0.2, -0.15) is 0 Å². The zero-order valence-corrected chi connectivity index (χ0v) is 14.2. The molecule has 2 rings (SSSR count). The van der Waals surface area contributed by atoms with Gasteiger partial charge in [0.2, 0.25) is 0 Å². The van der Waals surface area contributed by atoms with Crippen molar-refractivity contribution < 1.29 is 14.3 Å². The summed E-state index contributed by atoms with van der Waals surface area (Å²) in [5.74, 6) is -0.505. The minimum atomic E-state index is -0.323. The molecule has 0 radical (unpaired) electrons. The Hall–Kier alpha value is -2.40. The third kappa shape index (κ3) is 5.35. The summed E-state index contributed by atoms with van der Waals surface area (Å²) in [7, 11) is 0. The van der Waals surface area contributed by atoms with Gasteiger partial charge >= 0.3 is 5.97 Å². The molecule has 5 nitrogen and oxygen atoms in total. The number of aromatic nitrogens is 1. The van der Waals surface area contributed by atoms with Gasteiger partial charge in [-0.05, 0) is 42.8 Å². The van der Waals surface area contributed by atoms with Crippen molar-refractivity contribution >= 4 is 23.5 Å². The number of benzene rings is 1. The van der Waals surface area contributed by atoms with Crippen LogP contribution in [0.15, 0.2) is 48.8 Å². The molecule has 126 valence electrons. The molecule has 0 aliphatic rings. The highest BCUT2D eigenvalue weighted by Crippen LogP contribution is 2.15. The summed E-state index contributed by atoms with van der Waals surface area (Å²) < 4.78 is 4.94. The Labute approximate surface area is 146 Å². The Bertz CT molecular complexity index is 692. The monoisotopic (exact) mass is 346 g/mol. The van der Waals surface area contributed by atoms with Gasteiger partial charge in [-0.15, -0.1) is 0 Å². The molecule has 0 N–H and O–H groups in total. The van der Waals surface area contributed by atoms with Crippen LogP contribution in [0.1, 0.15) is 29.3 Å². The minimum absolute atomic E-state index is 0.144. The fraction of sp³-hybridized carbons (Fsp3) is 0.278. The van der Waals surface area contributed by atoms with Gasteiger partial charge < -0.3 is 9.64 Å². The Morgan fingerprint density at radius 2 is 1.96 bits per heavy atom. The van der Waals surface area contributed by atoms with Crippen molar-refractivity contribution in [3.63, 3.8) is 0 Å². The van der Waals surface area contributed by atoms with E-state index in [2.05, 4.69) is 4.98 Å². The first-order chi connectivity index (χ1) is 11.6. The molecule has 1 aromatic heterocycles. The van der Waals surface area contributed by atoms with Crippen LogP contribution in [0.2, 0.25) is 5.02 Å². The van der Waals surface area contributed by atoms with Gasteiger partial charge in [0.15, 0.2) is 0 Å². The second-order valence-electron chi connectivity index (χ2n) is 5.15. The van der Waals surface area contributed by atoms with Crippen molar-refractivity contribution in [2.75, 3.05) is 13.2 Å². The molecule has 6 heteroatoms. The Morgan fingerprint density at radius 3 is 2.62 bits per heavy atom. The molecule has 1 heterocycles. The van der Waals surface area contributed by atoms with Crippen molar-refractivity contribution in [3.05, 3.63) is 64.9 Å². The number of halogens is 1. The quantitative estimate of drug-likeness (QED) is 0.721. The van der Waals surface area contributed by atoms with E-state index in [4.69, 9.17) is 16.3 Å². The fourth-order valence-corrected chi connectivity index (χ4v) is 2.41. The molecule has 0 saturated heterocycles. The van der Waals surface area contributed by atoms with Gasteiger partial charge in [-0.25, -0.2) is 0 Å². The van der Waals surface area contributed by atoms with Gasteiger partial charge in [0.25, 0.3) is 5.91 Å². The third-order valence-corrected chi connectivity index (χ3v) is 3.61. The highest BCUT2D eigenvalue weighted by molar-refractivity contribution is 6.30. The lowest BCUT2D eigenvalue weighted by Gasteiger charge is -2.22. The van der Waals surface area contributed by atoms with Crippen LogP contribution >= 0.6 is 11.6 Å². The van der Waals surface area contributed by atoms with E-state index in [-0.39, 0.29) is 24.8 Å². The Balaban J connectivity index is 2.14. The van der Waals surface area contributed by atoms with Crippen molar-refractivity contribution in [3.8, 4) is 0 Å². The van der Waals surface area contributed by atoms with Crippen LogP contribution in [0.3, 0.4) is 0 Å². The molecule has 0 fully saturated rings. The predicted molar refractivity (Wildman–Crippen MR) is 91.7 cm³/mol. The number of hydrogen-bond donors (Lipinski definition) is 0. The van der Waals surface area contributed by atoms with Crippen molar-refractivity contribution in [1.82, 2.24) is 9.88 Å². The maximum absolute atomic E-state index is 12.8. The number of esters is 1. The lowest BCUT2D eigenvalue weighted by Crippen LogP contribution is -2.33. The van der Waals surface area contributed by atoms with Crippen LogP contribution in [0, 0.1) is 0 Å². The summed E-state index contributed by atoms with van der Waals surface area (Å²) >= 11 is 5.97. The minimum Gasteiger partial charge on any atom is -0.466 e. The van der Waals surface area contributed by atoms with Crippen LogP contribution < -0.4 is 0 Å². The summed E-state index contributed by atoms with van der Waals surface area (Å²) in [6.07, 6.45) is 3.48. The van der Waals surface area contributed by atoms with Crippen LogP contribution in [0.25, 0.3) is 0 Å². The molecule has 0 saturated carbocycles. The van der Waals surface area contributed by atoms with Crippen molar-refractivity contribution in [2.45, 2.75) is 19.9 Å². The van der Waals surface area contributed by atoms with Gasteiger partial charge in [0.05, 0.1) is 13.0 Å². The van der Waals surface area contributed by atoms with Gasteiger partial charge in [0.1, 0.15) is 0 Å². The first-order valence-corrected chi connectivity index (χ1v) is 8.07. The average molecular weight is 347 g/mol. The van der Waals surface area contributed by atoms with E-state index in [1.807, 2.05) is 12.1 Å². The third-order valence-electron chi connectivity index (χ3n) is 3.37. The van der Waals surface area contributed by atoms with Crippen LogP contribution in [0.4, 0.5) is 0 Å². The van der Waals surface area contributed by atoms with Crippen LogP contribution in [-0.2, 0) is 16.1 Å². The molecule has 1 amide bonds. The molecule has 0 bridgehead atoms. The number of amides is 1. The van der Waals surface area contributed by atoms with Crippen molar-refractivity contribution in [2.24, 2.45) is 0 Å². The summed E-state index contributed by atoms with van der Waals surface area (Å²) in [6, 6.07) is 10.4. The highest BCUT2D eigenvalue weighted by atomic mass is 35.5. The van der Waals surface area contributed by atoms with Gasteiger partial charge in [0, 0.05) is 36.1 Å². The molecule has 0 aliphatic heterocycles. The van der Waals surface area contributed by atoms with E-state index in [0.29, 0.717) is 23.7 Å². The lowest BCUT2D eigenvalue weighted by atomic mass is 10.1. The van der Waals surface area contributed by atoms with E-state index in [0.717, 1.165) is 5.56 Å². The summed E-state index contributed by atoms with van der Waals surface area (Å²) in [5, 5.41) is 0.495. The molecule has 2 aromatic rings. The first kappa shape index (κ1) is 17.9. The first-order valence-electron chi connectivity index (χ1n) is 7.69. The second kappa shape index (κ2) is 9.03. The SMILES string of the molecule is CCOC(=O)CCN(Cc1ccncc1)C(=O)c1cccc(Cl)c1. The maximum Gasteiger partial charge on any atom is 0.307 e. The number of carbonyl (C=O) groups is 2. The number of hydrogen-bond acceptors (Lipinski definition) is 4. The van der Waals surface area contributed by atoms with E-state index in [9.17, 15) is 9.59 Å². The van der Waals surface area contributed by atoms with Gasteiger partial charge in [-0.3, -0.25) is 14.6 Å². The molecular weight excluding hydrogens is 328 g/mol. The number of pyridine rings is 1. The molecule has 0 unspecified atom stereocenters. The highest BCUT2D eigenvalue weighted by Gasteiger charge is 2.18. The number of rotatable bonds is 7. The Kier molecular flexibility index (Phi) is 6.75. The van der Waals surface area contributed by atoms with E-state index in [1.54, 1.807) is 48.5 Å². The topological polar surface area (TPSA) is 59.5 Å². The summed E-state index contributed by atoms with van der Waals surface area (Å²) in [6.45, 7) is 2.73. The standard InChI is InChI=1S/C18H19ClN2O3/c1-2-24-17(22)8-11-21(13-14-6-9-20-10-7-14)18(23)15-4-3-5-16(19)12-15/h3-7,9-10,12H,2,8,11,13H2,1H3. The largest absolute Gasteiger partial charge is 0.466 e. The van der Waals surface area contributed by atoms with Crippen LogP contribution in [0.5, 0.6) is 0 Å². The smallest absolute Gasteiger partial charge is 0.307 e. The predicted octanol–water partition coefficient (Wildman–Crippen LogP) is 3.33.